The first kappa shape index (κ1) is 33.7. The molecule has 0 spiro atoms. The van der Waals surface area contributed by atoms with Gasteiger partial charge in [0.2, 0.25) is 9.84 Å². The van der Waals surface area contributed by atoms with Gasteiger partial charge in [-0.05, 0) is 81.6 Å². The van der Waals surface area contributed by atoms with E-state index in [1.165, 1.54) is 19.1 Å². The maximum absolute atomic E-state index is 13.3. The van der Waals surface area contributed by atoms with Crippen LogP contribution in [0.15, 0.2) is 76.5 Å². The van der Waals surface area contributed by atoms with Gasteiger partial charge in [-0.25, -0.2) is 13.2 Å². The average Bonchev–Trinajstić information content (AvgIpc) is 2.94. The molecule has 1 unspecified atom stereocenters. The first-order chi connectivity index (χ1) is 20.1. The van der Waals surface area contributed by atoms with Crippen LogP contribution in [-0.4, -0.2) is 55.2 Å². The van der Waals surface area contributed by atoms with Crippen molar-refractivity contribution in [3.05, 3.63) is 98.6 Å². The summed E-state index contributed by atoms with van der Waals surface area (Å²) in [5.41, 5.74) is -0.654. The van der Waals surface area contributed by atoms with E-state index in [0.717, 1.165) is 23.8 Å². The van der Waals surface area contributed by atoms with Crippen LogP contribution in [0.3, 0.4) is 0 Å². The van der Waals surface area contributed by atoms with Gasteiger partial charge in [0, 0.05) is 17.6 Å². The molecule has 13 heteroatoms. The second-order valence-corrected chi connectivity index (χ2v) is 12.9. The highest BCUT2D eigenvalue weighted by Crippen LogP contribution is 2.28. The number of sulfone groups is 1. The van der Waals surface area contributed by atoms with E-state index in [4.69, 9.17) is 21.1 Å². The minimum Gasteiger partial charge on any atom is -0.462 e. The summed E-state index contributed by atoms with van der Waals surface area (Å²) in [6, 6.07) is 14.3. The smallest absolute Gasteiger partial charge is 0.345 e. The number of nitrogens with zero attached hydrogens (tertiary/aromatic N) is 1. The number of halogens is 1. The fourth-order valence-electron chi connectivity index (χ4n) is 4.13. The van der Waals surface area contributed by atoms with Crippen molar-refractivity contribution in [2.45, 2.75) is 61.7 Å². The molecule has 2 atom stereocenters. The Hall–Kier alpha value is -3.84. The number of benzene rings is 3. The van der Waals surface area contributed by atoms with E-state index in [1.807, 2.05) is 0 Å². The quantitative estimate of drug-likeness (QED) is 0.161. The highest BCUT2D eigenvalue weighted by Gasteiger charge is 2.32. The molecule has 3 aromatic carbocycles. The first-order valence-electron chi connectivity index (χ1n) is 13.3. The van der Waals surface area contributed by atoms with Crippen molar-refractivity contribution >= 4 is 39.1 Å². The van der Waals surface area contributed by atoms with Gasteiger partial charge in [-0.15, -0.1) is 0 Å². The Morgan fingerprint density at radius 1 is 1.05 bits per heavy atom. The number of rotatable bonds is 12. The SMILES string of the molecule is CCOC(=O)c1cc(S(=O)(=O)c2ccc(CCNC(C(=O)OC(C)(C)C)[C@H](O)c3cccc(Cl)c3)cc2)ccc1[N+](=O)[O-]. The molecule has 0 aliphatic heterocycles. The van der Waals surface area contributed by atoms with Crippen molar-refractivity contribution < 1.29 is 37.5 Å². The highest BCUT2D eigenvalue weighted by atomic mass is 35.5. The summed E-state index contributed by atoms with van der Waals surface area (Å²) in [4.78, 5) is 35.4. The topological polar surface area (TPSA) is 162 Å². The summed E-state index contributed by atoms with van der Waals surface area (Å²) in [5.74, 6) is -1.65. The zero-order chi connectivity index (χ0) is 31.9. The van der Waals surface area contributed by atoms with Crippen LogP contribution in [0.2, 0.25) is 5.02 Å². The largest absolute Gasteiger partial charge is 0.462 e. The summed E-state index contributed by atoms with van der Waals surface area (Å²) in [6.45, 7) is 6.88. The standard InChI is InChI=1S/C30H33ClN2O9S/c1-5-41-28(35)24-18-23(13-14-25(24)33(37)38)43(39,40)22-11-9-19(10-12-22)15-16-32-26(29(36)42-30(2,3)4)27(34)20-7-6-8-21(31)17-20/h6-14,17-18,26-27,32,34H,5,15-16H2,1-4H3/t26?,27-/m1/s1. The molecule has 0 saturated carbocycles. The number of carbonyl (C=O) groups excluding carboxylic acids is 2. The average molecular weight is 633 g/mol. The van der Waals surface area contributed by atoms with Gasteiger partial charge in [-0.1, -0.05) is 35.9 Å². The van der Waals surface area contributed by atoms with Crippen molar-refractivity contribution in [3.63, 3.8) is 0 Å². The second kappa shape index (κ2) is 14.1. The number of hydrogen-bond donors (Lipinski definition) is 2. The van der Waals surface area contributed by atoms with Crippen LogP contribution in [-0.2, 0) is 30.5 Å². The molecule has 0 aromatic heterocycles. The number of esters is 2. The number of nitro groups is 1. The van der Waals surface area contributed by atoms with E-state index in [-0.39, 0.29) is 22.9 Å². The first-order valence-corrected chi connectivity index (χ1v) is 15.2. The maximum Gasteiger partial charge on any atom is 0.345 e. The summed E-state index contributed by atoms with van der Waals surface area (Å²) in [6.07, 6.45) is -0.880. The molecule has 0 aliphatic rings. The Balaban J connectivity index is 1.77. The van der Waals surface area contributed by atoms with Crippen molar-refractivity contribution in [1.82, 2.24) is 5.32 Å². The predicted octanol–water partition coefficient (Wildman–Crippen LogP) is 4.83. The third kappa shape index (κ3) is 8.83. The number of ether oxygens (including phenoxy) is 2. The Morgan fingerprint density at radius 3 is 2.28 bits per heavy atom. The van der Waals surface area contributed by atoms with Crippen molar-refractivity contribution in [3.8, 4) is 0 Å². The lowest BCUT2D eigenvalue weighted by Crippen LogP contribution is -2.46. The summed E-state index contributed by atoms with van der Waals surface area (Å²) in [7, 11) is -4.13. The van der Waals surface area contributed by atoms with Gasteiger partial charge in [-0.3, -0.25) is 14.9 Å². The molecule has 0 radical (unpaired) electrons. The molecule has 0 aliphatic carbocycles. The minimum absolute atomic E-state index is 0.0403. The molecule has 11 nitrogen and oxygen atoms in total. The maximum atomic E-state index is 13.3. The van der Waals surface area contributed by atoms with E-state index in [2.05, 4.69) is 5.32 Å². The Bertz CT molecular complexity index is 1590. The zero-order valence-corrected chi connectivity index (χ0v) is 25.6. The van der Waals surface area contributed by atoms with Crippen LogP contribution < -0.4 is 5.32 Å². The minimum atomic E-state index is -4.13. The van der Waals surface area contributed by atoms with Crippen LogP contribution in [0, 0.1) is 10.1 Å². The van der Waals surface area contributed by atoms with Crippen molar-refractivity contribution in [2.24, 2.45) is 0 Å². The summed E-state index contributed by atoms with van der Waals surface area (Å²) >= 11 is 6.06. The number of nitro benzene ring substituents is 1. The lowest BCUT2D eigenvalue weighted by molar-refractivity contribution is -0.385. The highest BCUT2D eigenvalue weighted by molar-refractivity contribution is 7.91. The molecule has 3 aromatic rings. The van der Waals surface area contributed by atoms with E-state index in [0.29, 0.717) is 17.0 Å². The van der Waals surface area contributed by atoms with E-state index < -0.39 is 55.7 Å². The molecule has 0 heterocycles. The molecule has 0 amide bonds. The molecule has 230 valence electrons. The van der Waals surface area contributed by atoms with Gasteiger partial charge in [-0.2, -0.15) is 0 Å². The predicted molar refractivity (Wildman–Crippen MR) is 159 cm³/mol. The van der Waals surface area contributed by atoms with E-state index in [1.54, 1.807) is 57.2 Å². The Labute approximate surface area is 254 Å². The van der Waals surface area contributed by atoms with Crippen LogP contribution in [0.4, 0.5) is 5.69 Å². The van der Waals surface area contributed by atoms with E-state index in [9.17, 15) is 33.2 Å². The normalized spacial score (nSPS) is 13.2. The van der Waals surface area contributed by atoms with E-state index >= 15 is 0 Å². The summed E-state index contributed by atoms with van der Waals surface area (Å²) < 4.78 is 36.9. The van der Waals surface area contributed by atoms with Crippen LogP contribution in [0.5, 0.6) is 0 Å². The number of nitrogens with one attached hydrogen (secondary N) is 1. The van der Waals surface area contributed by atoms with Gasteiger partial charge in [0.15, 0.2) is 0 Å². The monoisotopic (exact) mass is 632 g/mol. The summed E-state index contributed by atoms with van der Waals surface area (Å²) in [5, 5.41) is 25.8. The molecular weight excluding hydrogens is 600 g/mol. The van der Waals surface area contributed by atoms with Gasteiger partial charge in [0.05, 0.1) is 21.3 Å². The number of aliphatic hydroxyl groups excluding tert-OH is 1. The van der Waals surface area contributed by atoms with Crippen LogP contribution >= 0.6 is 11.6 Å². The van der Waals surface area contributed by atoms with Gasteiger partial charge >= 0.3 is 11.9 Å². The lowest BCUT2D eigenvalue weighted by Gasteiger charge is -2.27. The molecule has 2 N–H and O–H groups in total. The fourth-order valence-corrected chi connectivity index (χ4v) is 5.61. The van der Waals surface area contributed by atoms with Crippen molar-refractivity contribution in [1.29, 1.82) is 0 Å². The van der Waals surface area contributed by atoms with Gasteiger partial charge in [0.25, 0.3) is 5.69 Å². The second-order valence-electron chi connectivity index (χ2n) is 10.5. The zero-order valence-electron chi connectivity index (χ0n) is 24.1. The third-order valence-electron chi connectivity index (χ3n) is 6.15. The number of carbonyl (C=O) groups is 2. The molecule has 3 rings (SSSR count). The van der Waals surface area contributed by atoms with Gasteiger partial charge < -0.3 is 19.9 Å². The van der Waals surface area contributed by atoms with Crippen LogP contribution in [0.25, 0.3) is 0 Å². The molecule has 0 bridgehead atoms. The number of hydrogen-bond acceptors (Lipinski definition) is 10. The fraction of sp³-hybridized carbons (Fsp3) is 0.333. The molecule has 0 saturated heterocycles. The number of aliphatic hydroxyl groups is 1. The third-order valence-corrected chi connectivity index (χ3v) is 8.15. The Kier molecular flexibility index (Phi) is 11.0. The lowest BCUT2D eigenvalue weighted by atomic mass is 10.0. The van der Waals surface area contributed by atoms with Crippen molar-refractivity contribution in [2.75, 3.05) is 13.2 Å². The molecule has 43 heavy (non-hydrogen) atoms. The molecule has 0 fully saturated rings. The molecular formula is C30H33ClN2O9S. The van der Waals surface area contributed by atoms with Crippen LogP contribution in [0.1, 0.15) is 55.3 Å². The van der Waals surface area contributed by atoms with Gasteiger partial charge in [0.1, 0.15) is 23.3 Å². The Morgan fingerprint density at radius 2 is 1.70 bits per heavy atom.